The largest absolute Gasteiger partial charge is 0.198 e. The van der Waals surface area contributed by atoms with Gasteiger partial charge in [-0.05, 0) is 45.7 Å². The molecule has 0 atom stereocenters. The lowest BCUT2D eigenvalue weighted by molar-refractivity contribution is 1.28. The molecule has 70 valence electrons. The predicted octanol–water partition coefficient (Wildman–Crippen LogP) is 4.23. The average molecular weight is 334 g/mol. The van der Waals surface area contributed by atoms with Crippen LogP contribution in [0.4, 0.5) is 0 Å². The van der Waals surface area contributed by atoms with Crippen molar-refractivity contribution in [2.45, 2.75) is 6.42 Å². The van der Waals surface area contributed by atoms with Crippen LogP contribution in [0.15, 0.2) is 18.2 Å². The topological polar surface area (TPSA) is 23.8 Å². The molecule has 0 aliphatic rings. The van der Waals surface area contributed by atoms with Gasteiger partial charge in [-0.1, -0.05) is 17.7 Å². The van der Waals surface area contributed by atoms with Crippen molar-refractivity contribution in [3.05, 3.63) is 31.7 Å². The molecule has 0 aliphatic carbocycles. The molecule has 0 unspecified atom stereocenters. The molecule has 2 aromatic rings. The number of rotatable bonds is 1. The Kier molecular flexibility index (Phi) is 2.96. The summed E-state index contributed by atoms with van der Waals surface area (Å²) in [5.41, 5.74) is 1.10. The molecule has 0 aliphatic heterocycles. The first kappa shape index (κ1) is 10.2. The maximum absolute atomic E-state index is 8.73. The molecule has 0 N–H and O–H groups in total. The van der Waals surface area contributed by atoms with Crippen molar-refractivity contribution in [3.63, 3.8) is 0 Å². The van der Waals surface area contributed by atoms with Crippen LogP contribution in [0.1, 0.15) is 5.56 Å². The number of nitriles is 1. The number of nitrogens with zero attached hydrogens (tertiary/aromatic N) is 1. The molecule has 1 nitrogen and oxygen atoms in total. The smallest absolute Gasteiger partial charge is 0.0940 e. The molecule has 1 aromatic carbocycles. The lowest BCUT2D eigenvalue weighted by Crippen LogP contribution is -1.86. The third kappa shape index (κ3) is 1.74. The highest BCUT2D eigenvalue weighted by atomic mass is 127. The van der Waals surface area contributed by atoms with Gasteiger partial charge < -0.3 is 0 Å². The Balaban J connectivity index is 2.76. The third-order valence-electron chi connectivity index (χ3n) is 1.96. The molecule has 0 radical (unpaired) electrons. The van der Waals surface area contributed by atoms with Crippen molar-refractivity contribution >= 4 is 55.6 Å². The zero-order chi connectivity index (χ0) is 10.1. The fourth-order valence-corrected chi connectivity index (χ4v) is 3.45. The van der Waals surface area contributed by atoms with E-state index in [1.165, 1.54) is 0 Å². The van der Waals surface area contributed by atoms with Gasteiger partial charge in [0.2, 0.25) is 0 Å². The number of thiophene rings is 1. The zero-order valence-corrected chi connectivity index (χ0v) is 10.8. The van der Waals surface area contributed by atoms with E-state index in [9.17, 15) is 0 Å². The summed E-state index contributed by atoms with van der Waals surface area (Å²) in [6.07, 6.45) is 0.451. The van der Waals surface area contributed by atoms with Crippen LogP contribution in [0.3, 0.4) is 0 Å². The number of halogens is 2. The molecule has 0 bridgehead atoms. The second kappa shape index (κ2) is 4.05. The van der Waals surface area contributed by atoms with Gasteiger partial charge in [-0.2, -0.15) is 5.26 Å². The van der Waals surface area contributed by atoms with Crippen molar-refractivity contribution < 1.29 is 0 Å². The molecule has 14 heavy (non-hydrogen) atoms. The summed E-state index contributed by atoms with van der Waals surface area (Å²) in [5, 5.41) is 9.86. The second-order valence-corrected chi connectivity index (χ2v) is 5.68. The van der Waals surface area contributed by atoms with Crippen molar-refractivity contribution in [1.29, 1.82) is 5.26 Å². The number of fused-ring (bicyclic) bond motifs is 1. The highest BCUT2D eigenvalue weighted by molar-refractivity contribution is 14.1. The van der Waals surface area contributed by atoms with Gasteiger partial charge in [0.15, 0.2) is 0 Å². The minimum atomic E-state index is 0.451. The Morgan fingerprint density at radius 2 is 2.29 bits per heavy atom. The SMILES string of the molecule is N#CCc1c(I)ccc2cc(Cl)sc12. The number of hydrogen-bond donors (Lipinski definition) is 0. The van der Waals surface area contributed by atoms with Crippen LogP contribution in [0.2, 0.25) is 4.34 Å². The van der Waals surface area contributed by atoms with Crippen LogP contribution in [0, 0.1) is 14.9 Å². The molecule has 1 heterocycles. The van der Waals surface area contributed by atoms with Gasteiger partial charge in [-0.25, -0.2) is 0 Å². The first-order chi connectivity index (χ1) is 6.72. The maximum Gasteiger partial charge on any atom is 0.0940 e. The van der Waals surface area contributed by atoms with Crippen LogP contribution >= 0.6 is 45.5 Å². The first-order valence-corrected chi connectivity index (χ1v) is 6.23. The minimum Gasteiger partial charge on any atom is -0.198 e. The Morgan fingerprint density at radius 1 is 1.50 bits per heavy atom. The fraction of sp³-hybridized carbons (Fsp3) is 0.100. The first-order valence-electron chi connectivity index (χ1n) is 3.95. The maximum atomic E-state index is 8.73. The Hall–Kier alpha value is -0.310. The Morgan fingerprint density at radius 3 is 3.00 bits per heavy atom. The van der Waals surface area contributed by atoms with E-state index in [1.807, 2.05) is 18.2 Å². The number of hydrogen-bond acceptors (Lipinski definition) is 2. The van der Waals surface area contributed by atoms with Crippen LogP contribution in [-0.2, 0) is 6.42 Å². The van der Waals surface area contributed by atoms with Crippen molar-refractivity contribution in [3.8, 4) is 6.07 Å². The summed E-state index contributed by atoms with van der Waals surface area (Å²) in [6.45, 7) is 0. The van der Waals surface area contributed by atoms with Crippen LogP contribution in [-0.4, -0.2) is 0 Å². The van der Waals surface area contributed by atoms with Gasteiger partial charge in [0, 0.05) is 8.27 Å². The minimum absolute atomic E-state index is 0.451. The lowest BCUT2D eigenvalue weighted by Gasteiger charge is -2.00. The molecule has 4 heteroatoms. The van der Waals surface area contributed by atoms with E-state index in [4.69, 9.17) is 16.9 Å². The van der Waals surface area contributed by atoms with E-state index in [-0.39, 0.29) is 0 Å². The van der Waals surface area contributed by atoms with Gasteiger partial charge in [0.25, 0.3) is 0 Å². The lowest BCUT2D eigenvalue weighted by atomic mass is 10.1. The predicted molar refractivity (Wildman–Crippen MR) is 68.9 cm³/mol. The standard InChI is InChI=1S/C10H5ClINS/c11-9-5-6-1-2-8(12)7(3-4-13)10(6)14-9/h1-2,5H,3H2. The summed E-state index contributed by atoms with van der Waals surface area (Å²) < 4.78 is 3.06. The van der Waals surface area contributed by atoms with E-state index in [0.717, 1.165) is 23.6 Å². The van der Waals surface area contributed by atoms with Crippen molar-refractivity contribution in [1.82, 2.24) is 0 Å². The Labute approximate surface area is 104 Å². The van der Waals surface area contributed by atoms with Gasteiger partial charge in [0.1, 0.15) is 0 Å². The quantitative estimate of drug-likeness (QED) is 0.717. The third-order valence-corrected chi connectivity index (χ3v) is 4.31. The monoisotopic (exact) mass is 333 g/mol. The normalized spacial score (nSPS) is 10.4. The molecule has 0 saturated carbocycles. The molecule has 2 rings (SSSR count). The summed E-state index contributed by atoms with van der Waals surface area (Å²) in [5.74, 6) is 0. The second-order valence-electron chi connectivity index (χ2n) is 2.83. The molecule has 0 amide bonds. The van der Waals surface area contributed by atoms with Crippen LogP contribution in [0.5, 0.6) is 0 Å². The molecule has 0 fully saturated rings. The van der Waals surface area contributed by atoms with E-state index in [0.29, 0.717) is 6.42 Å². The van der Waals surface area contributed by atoms with Gasteiger partial charge >= 0.3 is 0 Å². The summed E-state index contributed by atoms with van der Waals surface area (Å²) in [4.78, 5) is 0. The summed E-state index contributed by atoms with van der Waals surface area (Å²) in [6, 6.07) is 8.20. The average Bonchev–Trinajstić information content (AvgIpc) is 2.51. The number of benzene rings is 1. The van der Waals surface area contributed by atoms with Crippen LogP contribution < -0.4 is 0 Å². The molecule has 0 spiro atoms. The Bertz CT molecular complexity index is 527. The summed E-state index contributed by atoms with van der Waals surface area (Å²) >= 11 is 9.74. The van der Waals surface area contributed by atoms with E-state index >= 15 is 0 Å². The van der Waals surface area contributed by atoms with Gasteiger partial charge in [0.05, 0.1) is 16.8 Å². The highest BCUT2D eigenvalue weighted by Gasteiger charge is 2.08. The highest BCUT2D eigenvalue weighted by Crippen LogP contribution is 2.34. The van der Waals surface area contributed by atoms with Crippen molar-refractivity contribution in [2.24, 2.45) is 0 Å². The van der Waals surface area contributed by atoms with E-state index in [2.05, 4.69) is 28.7 Å². The van der Waals surface area contributed by atoms with Gasteiger partial charge in [-0.3, -0.25) is 0 Å². The van der Waals surface area contributed by atoms with Gasteiger partial charge in [-0.15, -0.1) is 11.3 Å². The van der Waals surface area contributed by atoms with Crippen LogP contribution in [0.25, 0.3) is 10.1 Å². The fourth-order valence-electron chi connectivity index (χ4n) is 1.35. The molecule has 1 aromatic heterocycles. The molecular weight excluding hydrogens is 329 g/mol. The zero-order valence-electron chi connectivity index (χ0n) is 7.05. The molecular formula is C10H5ClINS. The van der Waals surface area contributed by atoms with E-state index in [1.54, 1.807) is 11.3 Å². The van der Waals surface area contributed by atoms with Crippen molar-refractivity contribution in [2.75, 3.05) is 0 Å². The summed E-state index contributed by atoms with van der Waals surface area (Å²) in [7, 11) is 0. The molecule has 0 saturated heterocycles. The van der Waals surface area contributed by atoms with E-state index < -0.39 is 0 Å².